The molecule has 19 heavy (non-hydrogen) atoms. The normalized spacial score (nSPS) is 15.6. The van der Waals surface area contributed by atoms with Crippen molar-refractivity contribution < 1.29 is 24.1 Å². The Bertz CT molecular complexity index is 505. The summed E-state index contributed by atoms with van der Waals surface area (Å²) in [6.45, 7) is 3.87. The van der Waals surface area contributed by atoms with Gasteiger partial charge in [0.15, 0.2) is 18.3 Å². The molecule has 0 unspecified atom stereocenters. The zero-order valence-electron chi connectivity index (χ0n) is 11.5. The van der Waals surface area contributed by atoms with Crippen LogP contribution >= 0.6 is 0 Å². The Labute approximate surface area is 112 Å². The van der Waals surface area contributed by atoms with E-state index in [1.165, 1.54) is 13.2 Å². The smallest absolute Gasteiger partial charge is 0.206 e. The number of rotatable bonds is 4. The molecule has 1 aliphatic rings. The predicted octanol–water partition coefficient (Wildman–Crippen LogP) is 2.57. The van der Waals surface area contributed by atoms with Crippen molar-refractivity contribution in [2.24, 2.45) is 0 Å². The van der Waals surface area contributed by atoms with Gasteiger partial charge >= 0.3 is 0 Å². The highest BCUT2D eigenvalue weighted by Gasteiger charge is 2.29. The maximum absolute atomic E-state index is 10.0. The Hall–Kier alpha value is -1.88. The highest BCUT2D eigenvalue weighted by Crippen LogP contribution is 2.48. The second-order valence-corrected chi connectivity index (χ2v) is 4.76. The highest BCUT2D eigenvalue weighted by molar-refractivity contribution is 5.74. The van der Waals surface area contributed by atoms with Crippen LogP contribution in [0.1, 0.15) is 19.4 Å². The first-order chi connectivity index (χ1) is 8.98. The number of hydrogen-bond donors (Lipinski definition) is 1. The standard InChI is InChI=1S/C14H18O5/c1-14(2)6-5-9-11(17-4)7-10(15)13(12(9)19-14)18-8-16-3/h5-7,15H,8H2,1-4H3. The molecule has 1 N–H and O–H groups in total. The van der Waals surface area contributed by atoms with Gasteiger partial charge in [0.25, 0.3) is 0 Å². The summed E-state index contributed by atoms with van der Waals surface area (Å²) in [6.07, 6.45) is 3.83. The van der Waals surface area contributed by atoms with Gasteiger partial charge in [-0.15, -0.1) is 0 Å². The van der Waals surface area contributed by atoms with E-state index in [0.717, 1.165) is 5.56 Å². The summed E-state index contributed by atoms with van der Waals surface area (Å²) in [6, 6.07) is 1.50. The van der Waals surface area contributed by atoms with Gasteiger partial charge in [-0.1, -0.05) is 0 Å². The van der Waals surface area contributed by atoms with E-state index >= 15 is 0 Å². The van der Waals surface area contributed by atoms with Crippen LogP contribution in [-0.2, 0) is 4.74 Å². The van der Waals surface area contributed by atoms with Gasteiger partial charge in [-0.2, -0.15) is 0 Å². The van der Waals surface area contributed by atoms with Crippen molar-refractivity contribution in [2.45, 2.75) is 19.4 Å². The summed E-state index contributed by atoms with van der Waals surface area (Å²) in [5, 5.41) is 10.0. The maximum atomic E-state index is 10.0. The van der Waals surface area contributed by atoms with E-state index < -0.39 is 5.60 Å². The summed E-state index contributed by atoms with van der Waals surface area (Å²) in [7, 11) is 3.05. The Kier molecular flexibility index (Phi) is 3.57. The first-order valence-corrected chi connectivity index (χ1v) is 5.92. The molecule has 0 aromatic heterocycles. The lowest BCUT2D eigenvalue weighted by Crippen LogP contribution is -2.28. The second-order valence-electron chi connectivity index (χ2n) is 4.76. The zero-order valence-corrected chi connectivity index (χ0v) is 11.5. The molecule has 5 nitrogen and oxygen atoms in total. The highest BCUT2D eigenvalue weighted by atomic mass is 16.7. The molecule has 0 atom stereocenters. The van der Waals surface area contributed by atoms with Crippen LogP contribution in [0.3, 0.4) is 0 Å². The Balaban J connectivity index is 2.54. The van der Waals surface area contributed by atoms with Gasteiger partial charge in [-0.25, -0.2) is 0 Å². The van der Waals surface area contributed by atoms with Gasteiger partial charge in [0.1, 0.15) is 11.4 Å². The van der Waals surface area contributed by atoms with Crippen LogP contribution in [0.4, 0.5) is 0 Å². The summed E-state index contributed by atoms with van der Waals surface area (Å²) in [5.74, 6) is 1.21. The van der Waals surface area contributed by atoms with E-state index in [1.54, 1.807) is 7.11 Å². The third-order valence-electron chi connectivity index (χ3n) is 2.77. The molecule has 1 aromatic carbocycles. The molecule has 0 spiro atoms. The summed E-state index contributed by atoms with van der Waals surface area (Å²) >= 11 is 0. The van der Waals surface area contributed by atoms with Gasteiger partial charge in [-0.05, 0) is 26.0 Å². The molecule has 5 heteroatoms. The van der Waals surface area contributed by atoms with Gasteiger partial charge < -0.3 is 24.1 Å². The zero-order chi connectivity index (χ0) is 14.0. The summed E-state index contributed by atoms with van der Waals surface area (Å²) in [4.78, 5) is 0. The number of methoxy groups -OCH3 is 2. The average molecular weight is 266 g/mol. The van der Waals surface area contributed by atoms with Gasteiger partial charge in [-0.3, -0.25) is 0 Å². The molecule has 0 radical (unpaired) electrons. The number of fused-ring (bicyclic) bond motifs is 1. The average Bonchev–Trinajstić information content (AvgIpc) is 2.36. The maximum Gasteiger partial charge on any atom is 0.206 e. The minimum atomic E-state index is -0.475. The van der Waals surface area contributed by atoms with Crippen molar-refractivity contribution in [3.05, 3.63) is 17.7 Å². The number of phenolic OH excluding ortho intramolecular Hbond substituents is 1. The molecule has 0 saturated heterocycles. The van der Waals surface area contributed by atoms with E-state index in [0.29, 0.717) is 11.5 Å². The Morgan fingerprint density at radius 1 is 1.32 bits per heavy atom. The summed E-state index contributed by atoms with van der Waals surface area (Å²) in [5.41, 5.74) is 0.266. The first kappa shape index (κ1) is 13.5. The van der Waals surface area contributed by atoms with E-state index in [-0.39, 0.29) is 18.3 Å². The van der Waals surface area contributed by atoms with Crippen molar-refractivity contribution in [3.8, 4) is 23.0 Å². The van der Waals surface area contributed by atoms with Gasteiger partial charge in [0.2, 0.25) is 5.75 Å². The van der Waals surface area contributed by atoms with Crippen LogP contribution in [0.25, 0.3) is 6.08 Å². The predicted molar refractivity (Wildman–Crippen MR) is 70.9 cm³/mol. The Morgan fingerprint density at radius 2 is 2.05 bits per heavy atom. The lowest BCUT2D eigenvalue weighted by molar-refractivity contribution is 0.0432. The fourth-order valence-corrected chi connectivity index (χ4v) is 1.88. The number of benzene rings is 1. The van der Waals surface area contributed by atoms with Gasteiger partial charge in [0.05, 0.1) is 12.7 Å². The topological polar surface area (TPSA) is 57.2 Å². The third kappa shape index (κ3) is 2.61. The first-order valence-electron chi connectivity index (χ1n) is 5.92. The fraction of sp³-hybridized carbons (Fsp3) is 0.429. The number of ether oxygens (including phenoxy) is 4. The monoisotopic (exact) mass is 266 g/mol. The molecule has 0 fully saturated rings. The molecule has 1 aliphatic heterocycles. The van der Waals surface area contributed by atoms with E-state index in [9.17, 15) is 5.11 Å². The second kappa shape index (κ2) is 5.01. The summed E-state index contributed by atoms with van der Waals surface area (Å²) < 4.78 is 21.4. The van der Waals surface area contributed by atoms with Crippen LogP contribution in [-0.4, -0.2) is 31.7 Å². The van der Waals surface area contributed by atoms with Crippen LogP contribution in [0.5, 0.6) is 23.0 Å². The van der Waals surface area contributed by atoms with Crippen molar-refractivity contribution in [1.82, 2.24) is 0 Å². The van der Waals surface area contributed by atoms with E-state index in [4.69, 9.17) is 18.9 Å². The molecule has 2 rings (SSSR count). The minimum Gasteiger partial charge on any atom is -0.504 e. The molecule has 1 heterocycles. The molecule has 0 amide bonds. The van der Waals surface area contributed by atoms with E-state index in [1.807, 2.05) is 26.0 Å². The quantitative estimate of drug-likeness (QED) is 0.849. The van der Waals surface area contributed by atoms with Crippen molar-refractivity contribution >= 4 is 6.08 Å². The number of phenols is 1. The molecular weight excluding hydrogens is 248 g/mol. The van der Waals surface area contributed by atoms with Crippen molar-refractivity contribution in [1.29, 1.82) is 0 Å². The molecule has 0 aliphatic carbocycles. The van der Waals surface area contributed by atoms with Gasteiger partial charge in [0, 0.05) is 13.2 Å². The van der Waals surface area contributed by atoms with Crippen LogP contribution < -0.4 is 14.2 Å². The van der Waals surface area contributed by atoms with Crippen molar-refractivity contribution in [2.75, 3.05) is 21.0 Å². The lowest BCUT2D eigenvalue weighted by Gasteiger charge is -2.30. The van der Waals surface area contributed by atoms with Crippen molar-refractivity contribution in [3.63, 3.8) is 0 Å². The number of aromatic hydroxyl groups is 1. The Morgan fingerprint density at radius 3 is 2.68 bits per heavy atom. The van der Waals surface area contributed by atoms with Crippen LogP contribution in [0.2, 0.25) is 0 Å². The minimum absolute atomic E-state index is 0.0276. The molecule has 104 valence electrons. The fourth-order valence-electron chi connectivity index (χ4n) is 1.88. The van der Waals surface area contributed by atoms with Crippen LogP contribution in [0, 0.1) is 0 Å². The third-order valence-corrected chi connectivity index (χ3v) is 2.77. The molecule has 0 bridgehead atoms. The molecule has 1 aromatic rings. The SMILES string of the molecule is COCOc1c(O)cc(OC)c2c1OC(C)(C)C=C2. The van der Waals surface area contributed by atoms with Crippen LogP contribution in [0.15, 0.2) is 12.1 Å². The molecular formula is C14H18O5. The lowest BCUT2D eigenvalue weighted by atomic mass is 10.0. The molecule has 0 saturated carbocycles. The van der Waals surface area contributed by atoms with E-state index in [2.05, 4.69) is 0 Å². The largest absolute Gasteiger partial charge is 0.504 e. The number of hydrogen-bond acceptors (Lipinski definition) is 5.